The molecule has 0 aromatic heterocycles. The molecule has 2 aromatic carbocycles. The minimum atomic E-state index is -1.77. The minimum Gasteiger partial charge on any atom is -0.354 e. The average molecular weight is 477 g/mol. The molecule has 10 heteroatoms. The first-order valence-corrected chi connectivity index (χ1v) is 10.5. The number of carbonyl (C=O) groups excluding carboxylic acids is 3. The van der Waals surface area contributed by atoms with E-state index in [0.717, 1.165) is 9.80 Å². The third-order valence-corrected chi connectivity index (χ3v) is 6.42. The molecule has 2 heterocycles. The van der Waals surface area contributed by atoms with Crippen LogP contribution in [0.3, 0.4) is 0 Å². The van der Waals surface area contributed by atoms with Crippen molar-refractivity contribution in [3.63, 3.8) is 0 Å². The second kappa shape index (κ2) is 7.78. The lowest BCUT2D eigenvalue weighted by Gasteiger charge is -2.52. The molecule has 2 unspecified atom stereocenters. The lowest BCUT2D eigenvalue weighted by Crippen LogP contribution is -2.73. The van der Waals surface area contributed by atoms with Crippen LogP contribution in [0.15, 0.2) is 48.5 Å². The van der Waals surface area contributed by atoms with Gasteiger partial charge in [-0.05, 0) is 47.6 Å². The second-order valence-electron chi connectivity index (χ2n) is 7.47. The van der Waals surface area contributed by atoms with Gasteiger partial charge in [0, 0.05) is 24.1 Å². The fourth-order valence-electron chi connectivity index (χ4n) is 4.30. The highest BCUT2D eigenvalue weighted by molar-refractivity contribution is 7.80. The van der Waals surface area contributed by atoms with Gasteiger partial charge in [0.15, 0.2) is 10.5 Å². The summed E-state index contributed by atoms with van der Waals surface area (Å²) in [6, 6.07) is 11.2. The molecule has 2 N–H and O–H groups in total. The molecular weight excluding hydrogens is 459 g/mol. The standard InChI is InChI=1S/C21H18Cl2N4O3S/c1-26-17(28)21(18(29)27(2)20(26)30)15(11-5-3-7-13(22)9-11)24-19(31)25-16(21)12-6-4-8-14(23)10-12/h3-10,15-16H,1-2H3,(H2,24,25,31). The topological polar surface area (TPSA) is 81.8 Å². The van der Waals surface area contributed by atoms with E-state index in [2.05, 4.69) is 10.6 Å². The van der Waals surface area contributed by atoms with Crippen molar-refractivity contribution in [3.05, 3.63) is 69.7 Å². The molecule has 0 bridgehead atoms. The van der Waals surface area contributed by atoms with Crippen LogP contribution >= 0.6 is 35.4 Å². The molecule has 7 nitrogen and oxygen atoms in total. The minimum absolute atomic E-state index is 0.253. The zero-order chi connectivity index (χ0) is 22.5. The lowest BCUT2D eigenvalue weighted by atomic mass is 9.65. The van der Waals surface area contributed by atoms with Gasteiger partial charge >= 0.3 is 6.03 Å². The molecule has 2 aliphatic heterocycles. The number of benzene rings is 2. The Kier molecular flexibility index (Phi) is 5.41. The molecule has 0 aliphatic carbocycles. The van der Waals surface area contributed by atoms with E-state index in [4.69, 9.17) is 35.4 Å². The van der Waals surface area contributed by atoms with Crippen molar-refractivity contribution in [1.29, 1.82) is 0 Å². The summed E-state index contributed by atoms with van der Waals surface area (Å²) < 4.78 is 0. The predicted octanol–water partition coefficient (Wildman–Crippen LogP) is 3.29. The molecule has 2 fully saturated rings. The third-order valence-electron chi connectivity index (χ3n) is 5.72. The van der Waals surface area contributed by atoms with Crippen molar-refractivity contribution in [2.45, 2.75) is 12.1 Å². The van der Waals surface area contributed by atoms with Crippen LogP contribution in [0.5, 0.6) is 0 Å². The van der Waals surface area contributed by atoms with Crippen molar-refractivity contribution in [1.82, 2.24) is 20.4 Å². The van der Waals surface area contributed by atoms with Crippen LogP contribution < -0.4 is 10.6 Å². The largest absolute Gasteiger partial charge is 0.354 e. The number of barbiturate groups is 1. The maximum absolute atomic E-state index is 13.8. The molecule has 2 aromatic rings. The number of amides is 4. The summed E-state index contributed by atoms with van der Waals surface area (Å²) in [7, 11) is 2.71. The number of halogens is 2. The number of urea groups is 1. The number of imide groups is 2. The van der Waals surface area contributed by atoms with Crippen LogP contribution in [0.1, 0.15) is 23.2 Å². The maximum Gasteiger partial charge on any atom is 0.332 e. The van der Waals surface area contributed by atoms with E-state index in [-0.39, 0.29) is 5.11 Å². The number of hydrogen-bond acceptors (Lipinski definition) is 4. The van der Waals surface area contributed by atoms with Crippen LogP contribution in [0.2, 0.25) is 10.0 Å². The molecule has 0 radical (unpaired) electrons. The molecule has 160 valence electrons. The molecule has 2 atom stereocenters. The summed E-state index contributed by atoms with van der Waals surface area (Å²) in [5.74, 6) is -1.31. The molecule has 31 heavy (non-hydrogen) atoms. The number of nitrogens with one attached hydrogen (secondary N) is 2. The zero-order valence-corrected chi connectivity index (χ0v) is 18.9. The lowest BCUT2D eigenvalue weighted by molar-refractivity contribution is -0.163. The Morgan fingerprint density at radius 1 is 0.839 bits per heavy atom. The monoisotopic (exact) mass is 476 g/mol. The van der Waals surface area contributed by atoms with Crippen LogP contribution in [0, 0.1) is 5.41 Å². The highest BCUT2D eigenvalue weighted by Gasteiger charge is 2.66. The molecule has 0 saturated carbocycles. The first kappa shape index (κ1) is 21.5. The van der Waals surface area contributed by atoms with E-state index in [0.29, 0.717) is 21.2 Å². The maximum atomic E-state index is 13.8. The zero-order valence-electron chi connectivity index (χ0n) is 16.6. The Morgan fingerprint density at radius 2 is 1.26 bits per heavy atom. The Labute approximate surface area is 194 Å². The van der Waals surface area contributed by atoms with E-state index in [1.165, 1.54) is 14.1 Å². The number of carbonyl (C=O) groups is 3. The molecule has 4 rings (SSSR count). The summed E-state index contributed by atoms with van der Waals surface area (Å²) in [6.45, 7) is 0. The molecule has 4 amide bonds. The van der Waals surface area contributed by atoms with E-state index < -0.39 is 35.3 Å². The van der Waals surface area contributed by atoms with Gasteiger partial charge in [0.25, 0.3) is 11.8 Å². The quantitative estimate of drug-likeness (QED) is 0.511. The van der Waals surface area contributed by atoms with Gasteiger partial charge in [-0.2, -0.15) is 0 Å². The van der Waals surface area contributed by atoms with Gasteiger partial charge in [-0.15, -0.1) is 0 Å². The van der Waals surface area contributed by atoms with Crippen molar-refractivity contribution >= 4 is 58.4 Å². The predicted molar refractivity (Wildman–Crippen MR) is 121 cm³/mol. The van der Waals surface area contributed by atoms with E-state index in [9.17, 15) is 14.4 Å². The summed E-state index contributed by atoms with van der Waals surface area (Å²) >= 11 is 17.9. The van der Waals surface area contributed by atoms with Gasteiger partial charge in [0.2, 0.25) is 0 Å². The Balaban J connectivity index is 2.02. The summed E-state index contributed by atoms with van der Waals surface area (Å²) in [5.41, 5.74) is -0.600. The van der Waals surface area contributed by atoms with Crippen molar-refractivity contribution in [3.8, 4) is 0 Å². The van der Waals surface area contributed by atoms with Gasteiger partial charge in [-0.25, -0.2) is 4.79 Å². The van der Waals surface area contributed by atoms with Gasteiger partial charge in [0.05, 0.1) is 12.1 Å². The van der Waals surface area contributed by atoms with Gasteiger partial charge in [-0.1, -0.05) is 47.5 Å². The second-order valence-corrected chi connectivity index (χ2v) is 8.75. The molecule has 2 aliphatic rings. The number of thiocarbonyl (C=S) groups is 1. The van der Waals surface area contributed by atoms with Crippen molar-refractivity contribution in [2.24, 2.45) is 5.41 Å². The van der Waals surface area contributed by atoms with Crippen LogP contribution in [0.25, 0.3) is 0 Å². The average Bonchev–Trinajstić information content (AvgIpc) is 2.75. The fourth-order valence-corrected chi connectivity index (χ4v) is 4.94. The van der Waals surface area contributed by atoms with Crippen molar-refractivity contribution < 1.29 is 14.4 Å². The normalized spacial score (nSPS) is 23.1. The Morgan fingerprint density at radius 3 is 1.65 bits per heavy atom. The van der Waals surface area contributed by atoms with Gasteiger partial charge in [0.1, 0.15) is 0 Å². The van der Waals surface area contributed by atoms with Crippen LogP contribution in [0.4, 0.5) is 4.79 Å². The third kappa shape index (κ3) is 3.26. The fraction of sp³-hybridized carbons (Fsp3) is 0.238. The molecular formula is C21H18Cl2N4O3S. The molecule has 1 spiro atoms. The highest BCUT2D eigenvalue weighted by atomic mass is 35.5. The van der Waals surface area contributed by atoms with Gasteiger partial charge in [-0.3, -0.25) is 19.4 Å². The van der Waals surface area contributed by atoms with Crippen LogP contribution in [-0.4, -0.2) is 46.9 Å². The number of rotatable bonds is 2. The summed E-state index contributed by atoms with van der Waals surface area (Å²) in [6.07, 6.45) is 0. The Bertz CT molecular complexity index is 1040. The first-order valence-electron chi connectivity index (χ1n) is 9.36. The Hall–Kier alpha value is -2.68. The first-order chi connectivity index (χ1) is 14.7. The summed E-state index contributed by atoms with van der Waals surface area (Å²) in [5, 5.41) is 7.27. The van der Waals surface area contributed by atoms with Crippen LogP contribution in [-0.2, 0) is 9.59 Å². The number of hydrogen-bond donors (Lipinski definition) is 2. The summed E-state index contributed by atoms with van der Waals surface area (Å²) in [4.78, 5) is 42.0. The molecule has 2 saturated heterocycles. The van der Waals surface area contributed by atoms with Crippen molar-refractivity contribution in [2.75, 3.05) is 14.1 Å². The van der Waals surface area contributed by atoms with E-state index in [1.807, 2.05) is 0 Å². The highest BCUT2D eigenvalue weighted by Crippen LogP contribution is 2.51. The number of nitrogens with zero attached hydrogens (tertiary/aromatic N) is 2. The SMILES string of the molecule is CN1C(=O)N(C)C(=O)C2(C1=O)C(c1cccc(Cl)c1)NC(=S)NC2c1cccc(Cl)c1. The smallest absolute Gasteiger partial charge is 0.332 e. The van der Waals surface area contributed by atoms with E-state index in [1.54, 1.807) is 48.5 Å². The van der Waals surface area contributed by atoms with E-state index >= 15 is 0 Å². The van der Waals surface area contributed by atoms with Gasteiger partial charge < -0.3 is 10.6 Å².